The van der Waals surface area contributed by atoms with E-state index in [4.69, 9.17) is 27.8 Å². The number of aliphatic hydroxyl groups is 1. The molecule has 2 aliphatic heterocycles. The van der Waals surface area contributed by atoms with E-state index in [1.54, 1.807) is 36.5 Å². The first-order chi connectivity index (χ1) is 41.4. The number of primary amides is 2. The Morgan fingerprint density at radius 2 is 1.64 bits per heavy atom. The highest BCUT2D eigenvalue weighted by Crippen LogP contribution is 2.40. The smallest absolute Gasteiger partial charge is 0.396 e. The topological polar surface area (TPSA) is 367 Å². The number of aromatic nitrogens is 2. The van der Waals surface area contributed by atoms with E-state index in [1.807, 2.05) is 64.4 Å². The fraction of sp³-hybridized carbons (Fsp3) is 0.475. The minimum atomic E-state index is -4.99. The second-order valence-corrected chi connectivity index (χ2v) is 26.4. The molecule has 0 bridgehead atoms. The quantitative estimate of drug-likeness (QED) is 0.0221. The molecule has 5 aromatic rings. The molecule has 476 valence electrons. The predicted octanol–water partition coefficient (Wildman–Crippen LogP) is 5.82. The fourth-order valence-electron chi connectivity index (χ4n) is 10.6. The van der Waals surface area contributed by atoms with Gasteiger partial charge in [-0.1, -0.05) is 68.8 Å². The van der Waals surface area contributed by atoms with Gasteiger partial charge in [-0.2, -0.15) is 0 Å². The van der Waals surface area contributed by atoms with Gasteiger partial charge in [-0.3, -0.25) is 47.7 Å². The molecule has 2 saturated heterocycles. The molecular formula is C61H80ClN10O14PS. The van der Waals surface area contributed by atoms with Crippen molar-refractivity contribution in [1.82, 2.24) is 40.6 Å². The van der Waals surface area contributed by atoms with Crippen LogP contribution >= 0.6 is 30.5 Å². The molecule has 2 aromatic heterocycles. The SMILES string of the molecule is CC(=O)N(CC[C@H]1CCC(C(=O)NC(CCC(N)=O)COc2cccc(CCCC(N)=O)c2Cl)N1C=O)CC(C)NC(=O)c1cc2cc(C(=O)P(=O)(O)O)ccc2[nH]1.Cc1ncsc1-c1ccc(C(C)NC(=O)[C@@H]2CC(O)CN2C(=O)CC(C)(C)C)cc1. The van der Waals surface area contributed by atoms with Crippen LogP contribution in [0.15, 0.2) is 72.2 Å². The first kappa shape index (κ1) is 69.6. The van der Waals surface area contributed by atoms with Crippen molar-refractivity contribution in [1.29, 1.82) is 0 Å². The Bertz CT molecular complexity index is 3380. The number of aryl methyl sites for hydroxylation is 2. The number of nitrogens with one attached hydrogen (secondary N) is 4. The lowest BCUT2D eigenvalue weighted by Crippen LogP contribution is -2.50. The molecule has 7 rings (SSSR count). The number of carbonyl (C=O) groups excluding carboxylic acids is 9. The molecule has 8 amide bonds. The van der Waals surface area contributed by atoms with Gasteiger partial charge in [-0.25, -0.2) is 4.98 Å². The van der Waals surface area contributed by atoms with E-state index in [2.05, 4.69) is 25.9 Å². The monoisotopic (exact) mass is 1270 g/mol. The zero-order valence-corrected chi connectivity index (χ0v) is 52.9. The average Bonchev–Trinajstić information content (AvgIpc) is 4.50. The van der Waals surface area contributed by atoms with E-state index in [0.717, 1.165) is 27.3 Å². The number of nitrogens with two attached hydrogens (primary N) is 2. The number of halogens is 1. The van der Waals surface area contributed by atoms with E-state index in [9.17, 15) is 62.6 Å². The lowest BCUT2D eigenvalue weighted by Gasteiger charge is -2.30. The maximum atomic E-state index is 13.6. The van der Waals surface area contributed by atoms with Crippen molar-refractivity contribution < 1.29 is 67.3 Å². The van der Waals surface area contributed by atoms with Crippen molar-refractivity contribution in [2.45, 2.75) is 155 Å². The number of fused-ring (bicyclic) bond motifs is 1. The summed E-state index contributed by atoms with van der Waals surface area (Å²) < 4.78 is 17.4. The zero-order valence-electron chi connectivity index (χ0n) is 50.5. The van der Waals surface area contributed by atoms with Crippen LogP contribution in [0.3, 0.4) is 0 Å². The fourth-order valence-corrected chi connectivity index (χ4v) is 12.2. The lowest BCUT2D eigenvalue weighted by molar-refractivity contribution is -0.140. The summed E-state index contributed by atoms with van der Waals surface area (Å²) in [4.78, 5) is 143. The van der Waals surface area contributed by atoms with Crippen LogP contribution in [-0.4, -0.2) is 155 Å². The Labute approximate surface area is 520 Å². The third-order valence-electron chi connectivity index (χ3n) is 15.2. The molecule has 2 aliphatic rings. The number of rotatable bonds is 27. The van der Waals surface area contributed by atoms with E-state index in [0.29, 0.717) is 66.6 Å². The molecule has 5 unspecified atom stereocenters. The van der Waals surface area contributed by atoms with Crippen LogP contribution in [0.5, 0.6) is 5.75 Å². The molecule has 88 heavy (non-hydrogen) atoms. The molecule has 11 N–H and O–H groups in total. The van der Waals surface area contributed by atoms with Gasteiger partial charge >= 0.3 is 7.60 Å². The summed E-state index contributed by atoms with van der Waals surface area (Å²) in [5.41, 5.74) is 15.2. The van der Waals surface area contributed by atoms with Crippen molar-refractivity contribution in [2.24, 2.45) is 16.9 Å². The van der Waals surface area contributed by atoms with Gasteiger partial charge in [0.1, 0.15) is 30.1 Å². The third-order valence-corrected chi connectivity index (χ3v) is 17.4. The molecular weight excluding hydrogens is 1200 g/mol. The number of H-pyrrole nitrogens is 1. The van der Waals surface area contributed by atoms with Crippen LogP contribution in [0.1, 0.15) is 143 Å². The maximum Gasteiger partial charge on any atom is 0.396 e. The lowest BCUT2D eigenvalue weighted by atomic mass is 9.91. The number of aliphatic hydroxyl groups excluding tert-OH is 1. The van der Waals surface area contributed by atoms with Crippen molar-refractivity contribution in [3.8, 4) is 16.2 Å². The van der Waals surface area contributed by atoms with Gasteiger partial charge in [0.25, 0.3) is 11.4 Å². The highest BCUT2D eigenvalue weighted by atomic mass is 35.5. The molecule has 2 fully saturated rings. The van der Waals surface area contributed by atoms with Crippen LogP contribution in [0.25, 0.3) is 21.3 Å². The minimum absolute atomic E-state index is 0.0355. The van der Waals surface area contributed by atoms with Crippen molar-refractivity contribution in [2.75, 3.05) is 26.2 Å². The van der Waals surface area contributed by atoms with Gasteiger partial charge in [0, 0.05) is 80.8 Å². The number of thiazole rings is 1. The van der Waals surface area contributed by atoms with Gasteiger partial charge in [0.2, 0.25) is 41.9 Å². The van der Waals surface area contributed by atoms with E-state index in [-0.39, 0.29) is 98.4 Å². The Morgan fingerprint density at radius 1 is 0.943 bits per heavy atom. The van der Waals surface area contributed by atoms with Crippen molar-refractivity contribution in [3.63, 3.8) is 0 Å². The highest BCUT2D eigenvalue weighted by Gasteiger charge is 2.41. The maximum absolute atomic E-state index is 13.6. The normalized spacial score (nSPS) is 17.7. The Hall–Kier alpha value is -7.54. The number of β-amino-alcohol motifs (C(OH)–C–C–N with tert-alkyl or cyclic N) is 1. The van der Waals surface area contributed by atoms with Crippen LogP contribution in [0, 0.1) is 12.3 Å². The third kappa shape index (κ3) is 19.7. The zero-order chi connectivity index (χ0) is 64.8. The predicted molar refractivity (Wildman–Crippen MR) is 332 cm³/mol. The number of carbonyl (C=O) groups is 9. The van der Waals surface area contributed by atoms with Crippen LogP contribution in [0.2, 0.25) is 5.02 Å². The average molecular weight is 1280 g/mol. The number of benzene rings is 3. The standard InChI is InChI=1S/C38H49ClN7O11P.C23H31N3O3S/c1-22(42-36(51)30-18-26-17-25(9-12-29(26)44-30)38(53)58(54,55)56)19-45(23(2)48)16-15-28-11-13-31(46(28)21-47)37(52)43-27(10-14-34(41)50)20-57-32-7-3-5-24(35(32)39)6-4-8-33(40)49;1-14(16-6-8-17(9-7-16)21-15(2)24-13-30-21)25-22(29)19-10-18(27)12-26(19)20(28)11-23(3,4)5/h3,5,7,9,12,17-18,21-22,27-28,31,44H,4,6,8,10-11,13-16,19-20H2,1-2H3,(H2,40,49)(H2,41,50)(H,42,51)(H,43,52)(H2,54,55,56);6-9,13-14,18-19,27H,10-12H2,1-5H3,(H,25,29)/t22?,27?,28-,31?;14?,18?,19-/m10/s1. The molecule has 0 spiro atoms. The Kier molecular flexibility index (Phi) is 24.6. The molecule has 0 aliphatic carbocycles. The van der Waals surface area contributed by atoms with Crippen LogP contribution < -0.4 is 32.2 Å². The van der Waals surface area contributed by atoms with E-state index >= 15 is 0 Å². The molecule has 0 saturated carbocycles. The van der Waals surface area contributed by atoms with Gasteiger partial charge in [-0.15, -0.1) is 11.3 Å². The number of nitrogens with zero attached hydrogens (tertiary/aromatic N) is 4. The van der Waals surface area contributed by atoms with Gasteiger partial charge in [-0.05, 0) is 112 Å². The van der Waals surface area contributed by atoms with Crippen LogP contribution in [-0.2, 0) is 44.5 Å². The van der Waals surface area contributed by atoms with Gasteiger partial charge in [0.05, 0.1) is 39.3 Å². The summed E-state index contributed by atoms with van der Waals surface area (Å²) in [6.45, 7) is 13.5. The second kappa shape index (κ2) is 31.1. The summed E-state index contributed by atoms with van der Waals surface area (Å²) in [7, 11) is -4.99. The summed E-state index contributed by atoms with van der Waals surface area (Å²) in [6, 6.07) is 15.5. The minimum Gasteiger partial charge on any atom is -0.490 e. The second-order valence-electron chi connectivity index (χ2n) is 23.6. The Balaban J connectivity index is 0.000000343. The van der Waals surface area contributed by atoms with Crippen molar-refractivity contribution in [3.05, 3.63) is 105 Å². The number of hydrogen-bond donors (Lipinski definition) is 9. The summed E-state index contributed by atoms with van der Waals surface area (Å²) in [5.74, 6) is -2.17. The number of likely N-dealkylation sites (tertiary alicyclic amines) is 2. The molecule has 27 heteroatoms. The Morgan fingerprint density at radius 3 is 2.26 bits per heavy atom. The van der Waals surface area contributed by atoms with Gasteiger partial charge in [0.15, 0.2) is 0 Å². The molecule has 7 atom stereocenters. The number of aromatic amines is 1. The van der Waals surface area contributed by atoms with Crippen LogP contribution in [0.4, 0.5) is 0 Å². The first-order valence-corrected chi connectivity index (χ1v) is 31.9. The number of amides is 8. The molecule has 4 heterocycles. The summed E-state index contributed by atoms with van der Waals surface area (Å²) in [5, 5.41) is 19.5. The summed E-state index contributed by atoms with van der Waals surface area (Å²) in [6.07, 6.45) is 3.08. The molecule has 0 radical (unpaired) electrons. The molecule has 24 nitrogen and oxygen atoms in total. The number of ether oxygens (including phenoxy) is 1. The molecule has 3 aromatic carbocycles. The van der Waals surface area contributed by atoms with E-state index < -0.39 is 67.0 Å². The number of hydrogen-bond acceptors (Lipinski definition) is 14. The van der Waals surface area contributed by atoms with Crippen molar-refractivity contribution >= 4 is 94.7 Å². The summed E-state index contributed by atoms with van der Waals surface area (Å²) >= 11 is 8.17. The highest BCUT2D eigenvalue weighted by molar-refractivity contribution is 7.70. The first-order valence-electron chi connectivity index (χ1n) is 29.0. The van der Waals surface area contributed by atoms with E-state index in [1.165, 1.54) is 45.9 Å². The van der Waals surface area contributed by atoms with Gasteiger partial charge < -0.3 is 66.7 Å². The largest absolute Gasteiger partial charge is 0.490 e.